The van der Waals surface area contributed by atoms with E-state index in [9.17, 15) is 0 Å². The first-order valence-electron chi connectivity index (χ1n) is 7.34. The summed E-state index contributed by atoms with van der Waals surface area (Å²) in [5.41, 5.74) is 1.17. The molecule has 1 saturated heterocycles. The van der Waals surface area contributed by atoms with Gasteiger partial charge in [0.25, 0.3) is 0 Å². The predicted molar refractivity (Wildman–Crippen MR) is 77.7 cm³/mol. The average Bonchev–Trinajstić information content (AvgIpc) is 3.14. The lowest BCUT2D eigenvalue weighted by Gasteiger charge is -2.24. The number of rotatable bonds is 6. The van der Waals surface area contributed by atoms with Gasteiger partial charge < -0.3 is 15.0 Å². The zero-order chi connectivity index (χ0) is 13.1. The van der Waals surface area contributed by atoms with E-state index in [1.165, 1.54) is 31.4 Å². The number of nitrogens with zero attached hydrogens (tertiary/aromatic N) is 2. The van der Waals surface area contributed by atoms with Crippen molar-refractivity contribution in [1.82, 2.24) is 4.98 Å². The Labute approximate surface area is 115 Å². The van der Waals surface area contributed by atoms with Gasteiger partial charge >= 0.3 is 0 Å². The molecule has 1 aromatic heterocycles. The lowest BCUT2D eigenvalue weighted by atomic mass is 10.2. The summed E-state index contributed by atoms with van der Waals surface area (Å²) in [6.07, 6.45) is 7.09. The molecule has 0 spiro atoms. The van der Waals surface area contributed by atoms with Crippen LogP contribution in [-0.4, -0.2) is 37.8 Å². The lowest BCUT2D eigenvalue weighted by Crippen LogP contribution is -2.29. The number of hydrogen-bond donors (Lipinski definition) is 1. The third-order valence-corrected chi connectivity index (χ3v) is 4.07. The van der Waals surface area contributed by atoms with Gasteiger partial charge in [-0.2, -0.15) is 0 Å². The fourth-order valence-electron chi connectivity index (χ4n) is 2.86. The second-order valence-corrected chi connectivity index (χ2v) is 5.61. The van der Waals surface area contributed by atoms with E-state index in [4.69, 9.17) is 4.74 Å². The molecule has 2 heterocycles. The third kappa shape index (κ3) is 3.00. The summed E-state index contributed by atoms with van der Waals surface area (Å²) in [4.78, 5) is 6.96. The average molecular weight is 261 g/mol. The monoisotopic (exact) mass is 261 g/mol. The van der Waals surface area contributed by atoms with Gasteiger partial charge in [-0.05, 0) is 43.7 Å². The van der Waals surface area contributed by atoms with Gasteiger partial charge in [0.1, 0.15) is 0 Å². The maximum absolute atomic E-state index is 5.35. The van der Waals surface area contributed by atoms with Crippen LogP contribution in [0.15, 0.2) is 18.3 Å². The van der Waals surface area contributed by atoms with Gasteiger partial charge in [0.2, 0.25) is 0 Å². The van der Waals surface area contributed by atoms with Crippen LogP contribution in [0.4, 0.5) is 11.5 Å². The summed E-state index contributed by atoms with van der Waals surface area (Å²) >= 11 is 0. The van der Waals surface area contributed by atoms with Crippen molar-refractivity contribution in [2.24, 2.45) is 5.92 Å². The first kappa shape index (κ1) is 12.7. The van der Waals surface area contributed by atoms with Crippen LogP contribution in [0.1, 0.15) is 25.7 Å². The van der Waals surface area contributed by atoms with Crippen LogP contribution in [0.3, 0.4) is 0 Å². The molecule has 2 aliphatic rings. The minimum Gasteiger partial charge on any atom is -0.383 e. The van der Waals surface area contributed by atoms with E-state index >= 15 is 0 Å². The van der Waals surface area contributed by atoms with Gasteiger partial charge in [-0.1, -0.05) is 0 Å². The maximum atomic E-state index is 5.35. The highest BCUT2D eigenvalue weighted by molar-refractivity contribution is 5.66. The molecule has 1 aliphatic carbocycles. The van der Waals surface area contributed by atoms with Crippen molar-refractivity contribution in [2.45, 2.75) is 31.7 Å². The largest absolute Gasteiger partial charge is 0.383 e. The van der Waals surface area contributed by atoms with Gasteiger partial charge in [0.05, 0.1) is 18.3 Å². The van der Waals surface area contributed by atoms with E-state index in [0.29, 0.717) is 6.04 Å². The molecule has 104 valence electrons. The highest BCUT2D eigenvalue weighted by atomic mass is 16.5. The number of ether oxygens (including phenoxy) is 1. The lowest BCUT2D eigenvalue weighted by molar-refractivity contribution is 0.179. The Morgan fingerprint density at radius 1 is 1.42 bits per heavy atom. The second-order valence-electron chi connectivity index (χ2n) is 5.61. The molecule has 1 atom stereocenters. The Kier molecular flexibility index (Phi) is 3.87. The maximum Gasteiger partial charge on any atom is 0.151 e. The van der Waals surface area contributed by atoms with Crippen molar-refractivity contribution in [3.8, 4) is 0 Å². The van der Waals surface area contributed by atoms with E-state index in [1.54, 1.807) is 7.11 Å². The molecule has 3 rings (SSSR count). The van der Waals surface area contributed by atoms with Gasteiger partial charge in [0, 0.05) is 26.4 Å². The number of nitrogens with one attached hydrogen (secondary N) is 1. The van der Waals surface area contributed by atoms with E-state index in [2.05, 4.69) is 21.3 Å². The molecule has 2 fully saturated rings. The molecule has 1 N–H and O–H groups in total. The zero-order valence-electron chi connectivity index (χ0n) is 11.6. The van der Waals surface area contributed by atoms with E-state index in [-0.39, 0.29) is 0 Å². The Morgan fingerprint density at radius 3 is 2.89 bits per heavy atom. The van der Waals surface area contributed by atoms with Gasteiger partial charge in [-0.3, -0.25) is 0 Å². The van der Waals surface area contributed by atoms with Crippen molar-refractivity contribution in [1.29, 1.82) is 0 Å². The Hall–Kier alpha value is -1.29. The van der Waals surface area contributed by atoms with Crippen LogP contribution in [-0.2, 0) is 4.74 Å². The number of aromatic nitrogens is 1. The molecule has 1 unspecified atom stereocenters. The Balaban J connectivity index is 1.75. The fourth-order valence-corrected chi connectivity index (χ4v) is 2.86. The molecular formula is C15H23N3O. The van der Waals surface area contributed by atoms with Gasteiger partial charge in [-0.25, -0.2) is 4.98 Å². The first-order chi connectivity index (χ1) is 9.38. The topological polar surface area (TPSA) is 37.4 Å². The van der Waals surface area contributed by atoms with E-state index < -0.39 is 0 Å². The minimum absolute atomic E-state index is 0.426. The first-order valence-corrected chi connectivity index (χ1v) is 7.34. The van der Waals surface area contributed by atoms with Gasteiger partial charge in [-0.15, -0.1) is 0 Å². The van der Waals surface area contributed by atoms with Crippen LogP contribution < -0.4 is 10.2 Å². The molecule has 0 aromatic carbocycles. The van der Waals surface area contributed by atoms with Crippen LogP contribution >= 0.6 is 0 Å². The number of hydrogen-bond acceptors (Lipinski definition) is 4. The molecule has 19 heavy (non-hydrogen) atoms. The molecule has 0 amide bonds. The summed E-state index contributed by atoms with van der Waals surface area (Å²) in [5.74, 6) is 1.88. The normalized spacial score (nSPS) is 20.6. The predicted octanol–water partition coefficient (Wildman–Crippen LogP) is 2.52. The molecule has 1 aromatic rings. The number of anilines is 2. The van der Waals surface area contributed by atoms with Crippen LogP contribution in [0.25, 0.3) is 0 Å². The fraction of sp³-hybridized carbons (Fsp3) is 0.667. The molecule has 1 aliphatic heterocycles. The standard InChI is InChI=1S/C15H23N3O/c1-19-11-14(12-6-7-12)17-13-5-4-8-16-15(13)18-9-2-3-10-18/h4-5,8,12,14,17H,2-3,6-7,9-11H2,1H3. The molecule has 1 saturated carbocycles. The summed E-state index contributed by atoms with van der Waals surface area (Å²) in [7, 11) is 1.78. The Morgan fingerprint density at radius 2 is 2.21 bits per heavy atom. The summed E-state index contributed by atoms with van der Waals surface area (Å²) in [6.45, 7) is 3.03. The number of pyridine rings is 1. The van der Waals surface area contributed by atoms with Crippen molar-refractivity contribution >= 4 is 11.5 Å². The van der Waals surface area contributed by atoms with E-state index in [0.717, 1.165) is 31.4 Å². The highest BCUT2D eigenvalue weighted by Gasteiger charge is 2.32. The molecule has 4 heteroatoms. The SMILES string of the molecule is COCC(Nc1cccnc1N1CCCC1)C1CC1. The molecule has 4 nitrogen and oxygen atoms in total. The van der Waals surface area contributed by atoms with Crippen molar-refractivity contribution in [2.75, 3.05) is 37.0 Å². The zero-order valence-corrected chi connectivity index (χ0v) is 11.6. The minimum atomic E-state index is 0.426. The van der Waals surface area contributed by atoms with Crippen molar-refractivity contribution < 1.29 is 4.74 Å². The molecule has 0 bridgehead atoms. The Bertz CT molecular complexity index is 414. The summed E-state index contributed by atoms with van der Waals surface area (Å²) < 4.78 is 5.35. The van der Waals surface area contributed by atoms with Crippen LogP contribution in [0.2, 0.25) is 0 Å². The van der Waals surface area contributed by atoms with Crippen LogP contribution in [0, 0.1) is 5.92 Å². The van der Waals surface area contributed by atoms with Crippen LogP contribution in [0.5, 0.6) is 0 Å². The smallest absolute Gasteiger partial charge is 0.151 e. The quantitative estimate of drug-likeness (QED) is 0.854. The van der Waals surface area contributed by atoms with Gasteiger partial charge in [0.15, 0.2) is 5.82 Å². The third-order valence-electron chi connectivity index (χ3n) is 4.07. The molecular weight excluding hydrogens is 238 g/mol. The van der Waals surface area contributed by atoms with E-state index in [1.807, 2.05) is 12.3 Å². The molecule has 0 radical (unpaired) electrons. The van der Waals surface area contributed by atoms with Crippen molar-refractivity contribution in [3.63, 3.8) is 0 Å². The highest BCUT2D eigenvalue weighted by Crippen LogP contribution is 2.36. The summed E-state index contributed by atoms with van der Waals surface area (Å²) in [5, 5.41) is 3.66. The summed E-state index contributed by atoms with van der Waals surface area (Å²) in [6, 6.07) is 4.58. The second kappa shape index (κ2) is 5.78. The van der Waals surface area contributed by atoms with Crippen molar-refractivity contribution in [3.05, 3.63) is 18.3 Å². The number of methoxy groups -OCH3 is 1.